The molecule has 4 bridgehead atoms. The van der Waals surface area contributed by atoms with Gasteiger partial charge in [0.1, 0.15) is 29.3 Å². The Hall–Kier alpha value is -3.80. The molecule has 364 valence electrons. The number of likely N-dealkylation sites (tertiary alicyclic amines) is 1. The molecule has 6 rings (SSSR count). The van der Waals surface area contributed by atoms with Gasteiger partial charge in [-0.25, -0.2) is 9.59 Å². The van der Waals surface area contributed by atoms with Crippen LogP contribution in [0.3, 0.4) is 0 Å². The number of fused-ring (bicyclic) bond motifs is 5. The summed E-state index contributed by atoms with van der Waals surface area (Å²) in [4.78, 5) is 81.6. The summed E-state index contributed by atoms with van der Waals surface area (Å²) in [5, 5.41) is 14.3. The van der Waals surface area contributed by atoms with Gasteiger partial charge in [-0.2, -0.15) is 0 Å². The molecule has 5 aliphatic rings. The number of ketones is 1. The van der Waals surface area contributed by atoms with E-state index in [4.69, 9.17) is 35.3 Å². The van der Waals surface area contributed by atoms with Gasteiger partial charge in [-0.1, -0.05) is 62.2 Å². The largest absolute Gasteiger partial charge is 0.457 e. The number of aryl methyl sites for hydroxylation is 1. The number of Topliss-reactive ketones (excluding diaryl/α,β-unsaturated/α-hetero) is 1. The molecular weight excluding hydrogens is 890 g/mol. The highest BCUT2D eigenvalue weighted by Gasteiger charge is 2.64. The van der Waals surface area contributed by atoms with Crippen LogP contribution in [0.4, 0.5) is 10.5 Å². The van der Waals surface area contributed by atoms with E-state index in [2.05, 4.69) is 5.32 Å². The Labute approximate surface area is 398 Å². The van der Waals surface area contributed by atoms with E-state index in [1.807, 2.05) is 65.0 Å². The third-order valence-corrected chi connectivity index (χ3v) is 15.8. The molecule has 0 aromatic heterocycles. The van der Waals surface area contributed by atoms with Crippen LogP contribution in [0.25, 0.3) is 0 Å². The third-order valence-electron chi connectivity index (χ3n) is 14.1. The van der Waals surface area contributed by atoms with Crippen molar-refractivity contribution in [3.63, 3.8) is 0 Å². The fourth-order valence-electron chi connectivity index (χ4n) is 9.67. The molecule has 4 aliphatic heterocycles. The number of benzene rings is 1. The number of imide groups is 1. The maximum atomic E-state index is 14.2. The van der Waals surface area contributed by atoms with Crippen LogP contribution < -0.4 is 10.2 Å². The minimum atomic E-state index is -1.61. The van der Waals surface area contributed by atoms with Crippen LogP contribution >= 0.6 is 23.4 Å². The molecule has 2 N–H and O–H groups in total. The molecule has 9 atom stereocenters. The van der Waals surface area contributed by atoms with Crippen molar-refractivity contribution in [1.29, 1.82) is 0 Å². The number of carbonyl (C=O) groups excluding carboxylic acids is 6. The first-order valence-corrected chi connectivity index (χ1v) is 24.8. The average molecular weight is 959 g/mol. The minimum Gasteiger partial charge on any atom is -0.457 e. The first-order valence-electron chi connectivity index (χ1n) is 23.4. The number of epoxide rings is 1. The number of halogens is 1. The van der Waals surface area contributed by atoms with E-state index in [-0.39, 0.29) is 62.0 Å². The topological polar surface area (TPSA) is 191 Å². The molecule has 2 unspecified atom stereocenters. The summed E-state index contributed by atoms with van der Waals surface area (Å²) < 4.78 is 29.7. The number of esters is 1. The van der Waals surface area contributed by atoms with Crippen LogP contribution in [0.15, 0.2) is 35.9 Å². The van der Waals surface area contributed by atoms with Crippen LogP contribution in [0.1, 0.15) is 104 Å². The van der Waals surface area contributed by atoms with Crippen LogP contribution in [-0.2, 0) is 54.1 Å². The predicted octanol–water partition coefficient (Wildman–Crippen LogP) is 6.66. The Kier molecular flexibility index (Phi) is 17.3. The third kappa shape index (κ3) is 12.3. The van der Waals surface area contributed by atoms with Gasteiger partial charge in [-0.15, -0.1) is 11.8 Å². The zero-order valence-electron chi connectivity index (χ0n) is 39.6. The van der Waals surface area contributed by atoms with Crippen molar-refractivity contribution in [3.05, 3.63) is 52.1 Å². The van der Waals surface area contributed by atoms with Gasteiger partial charge >= 0.3 is 12.1 Å². The van der Waals surface area contributed by atoms with Crippen molar-refractivity contribution >= 4 is 64.6 Å². The lowest BCUT2D eigenvalue weighted by Crippen LogP contribution is -2.60. The van der Waals surface area contributed by atoms with Gasteiger partial charge in [0.15, 0.2) is 6.10 Å². The molecule has 1 aliphatic carbocycles. The van der Waals surface area contributed by atoms with Crippen molar-refractivity contribution < 1.29 is 57.6 Å². The molecular formula is C49H68ClN3O12S. The summed E-state index contributed by atoms with van der Waals surface area (Å²) in [5.41, 5.74) is 0.461. The monoisotopic (exact) mass is 957 g/mol. The maximum Gasteiger partial charge on any atom is 0.409 e. The number of ether oxygens (including phenoxy) is 5. The van der Waals surface area contributed by atoms with Crippen LogP contribution in [0.2, 0.25) is 5.02 Å². The van der Waals surface area contributed by atoms with Gasteiger partial charge in [0.05, 0.1) is 48.3 Å². The zero-order chi connectivity index (χ0) is 48.1. The van der Waals surface area contributed by atoms with E-state index in [1.54, 1.807) is 20.9 Å². The number of aliphatic hydroxyl groups is 1. The van der Waals surface area contributed by atoms with Crippen molar-refractivity contribution in [2.45, 2.75) is 147 Å². The first kappa shape index (κ1) is 51.6. The van der Waals surface area contributed by atoms with E-state index in [1.165, 1.54) is 21.6 Å². The van der Waals surface area contributed by atoms with Crippen molar-refractivity contribution in [2.24, 2.45) is 23.7 Å². The summed E-state index contributed by atoms with van der Waals surface area (Å²) in [6.07, 6.45) is 5.74. The summed E-state index contributed by atoms with van der Waals surface area (Å²) in [6.45, 7) is 13.6. The molecule has 17 heteroatoms. The number of allylic oxidation sites excluding steroid dienone is 3. The highest BCUT2D eigenvalue weighted by molar-refractivity contribution is 8.00. The van der Waals surface area contributed by atoms with E-state index >= 15 is 0 Å². The van der Waals surface area contributed by atoms with E-state index in [0.717, 1.165) is 42.4 Å². The van der Waals surface area contributed by atoms with Crippen molar-refractivity contribution in [3.8, 4) is 0 Å². The lowest BCUT2D eigenvalue weighted by atomic mass is 9.79. The van der Waals surface area contributed by atoms with Crippen LogP contribution in [0, 0.1) is 30.6 Å². The zero-order valence-corrected chi connectivity index (χ0v) is 41.2. The average Bonchev–Trinajstić information content (AvgIpc) is 3.91. The molecule has 66 heavy (non-hydrogen) atoms. The first-order chi connectivity index (χ1) is 31.2. The fraction of sp³-hybridized carbons (Fsp3) is 0.673. The van der Waals surface area contributed by atoms with Gasteiger partial charge in [-0.05, 0) is 82.9 Å². The molecule has 4 amide bonds. The molecule has 15 nitrogen and oxygen atoms in total. The maximum absolute atomic E-state index is 14.2. The van der Waals surface area contributed by atoms with Gasteiger partial charge in [-0.3, -0.25) is 29.4 Å². The van der Waals surface area contributed by atoms with Crippen molar-refractivity contribution in [2.75, 3.05) is 44.1 Å². The highest BCUT2D eigenvalue weighted by Crippen LogP contribution is 2.49. The number of rotatable bonds is 14. The fourth-order valence-corrected chi connectivity index (χ4v) is 10.9. The molecule has 4 fully saturated rings. The highest BCUT2D eigenvalue weighted by atomic mass is 35.5. The summed E-state index contributed by atoms with van der Waals surface area (Å²) in [6, 6.07) is 3.84. The van der Waals surface area contributed by atoms with E-state index < -0.39 is 64.9 Å². The van der Waals surface area contributed by atoms with E-state index in [9.17, 15) is 33.9 Å². The number of carbonyl (C=O) groups is 6. The number of nitrogens with one attached hydrogen (secondary N) is 1. The number of nitrogens with zero attached hydrogens (tertiary/aromatic N) is 2. The summed E-state index contributed by atoms with van der Waals surface area (Å²) >= 11 is 8.19. The number of anilines is 1. The lowest BCUT2D eigenvalue weighted by molar-refractivity contribution is -0.166. The van der Waals surface area contributed by atoms with Crippen molar-refractivity contribution in [1.82, 2.24) is 10.2 Å². The summed E-state index contributed by atoms with van der Waals surface area (Å²) in [7, 11) is 1.63. The second-order valence-electron chi connectivity index (χ2n) is 19.0. The molecule has 1 aromatic carbocycles. The van der Waals surface area contributed by atoms with E-state index in [0.29, 0.717) is 48.2 Å². The Morgan fingerprint density at radius 2 is 1.77 bits per heavy atom. The number of hydrogen-bond acceptors (Lipinski definition) is 13. The standard InChI is InChI=1S/C49H68ClN3O12S/c1-9-37(54)35-15-13-33(14-16-35)27-53-42(56)24-39(45(53)57)66-20-19-61-17-18-62-32(6)46(58)64-40-25-41(55)52(8)36-23-34(22-29(3)43(36)50)21-28(2)11-10-12-30(4)49(60)26-38(63-47(59)51-49)31(5)44-48(40,7)65-44/h10-12,22-23,30-33,35,38-40,44,60H,9,13-21,24-27H2,1-8H3,(H,51,59)/b12-10+,28-11+/t30-,31-,32+,33?,35?,38?,39?,40+,44+,48+,49+/m1/s1. The molecule has 1 saturated carbocycles. The van der Waals surface area contributed by atoms with Gasteiger partial charge in [0, 0.05) is 56.4 Å². The molecule has 1 aromatic rings. The normalized spacial score (nSPS) is 33.6. The SMILES string of the molecule is CCC(=O)C1CCC(CN2C(=O)CC(SCCOCCO[C@@H](C)C(=O)O[C@H]3CC(=O)N(C)c4cc(cc(C)c4Cl)C/C(C)=C/C=C/[C@@H](C)[C@@]4(O)CC(OC(=O)N4)[C@@H](C)[C@@H]4O[C@@]34C)C2=O)CC1. The minimum absolute atomic E-state index is 0.0574. The number of alkyl carbamates (subject to hydrolysis) is 1. The molecule has 4 heterocycles. The number of hydrogen-bond donors (Lipinski definition) is 2. The van der Waals surface area contributed by atoms with Gasteiger partial charge < -0.3 is 33.7 Å². The Balaban J connectivity index is 1.04. The molecule has 0 spiro atoms. The Morgan fingerprint density at radius 1 is 1.05 bits per heavy atom. The second-order valence-corrected chi connectivity index (χ2v) is 20.7. The predicted molar refractivity (Wildman–Crippen MR) is 250 cm³/mol. The number of thioether (sulfide) groups is 1. The number of amides is 4. The smallest absolute Gasteiger partial charge is 0.409 e. The van der Waals surface area contributed by atoms with Gasteiger partial charge in [0.25, 0.3) is 0 Å². The Bertz CT molecular complexity index is 2060. The Morgan fingerprint density at radius 3 is 2.48 bits per heavy atom. The van der Waals surface area contributed by atoms with Crippen LogP contribution in [-0.4, -0.2) is 126 Å². The molecule has 0 radical (unpaired) electrons. The second kappa shape index (κ2) is 22.1. The van der Waals surface area contributed by atoms with Crippen LogP contribution in [0.5, 0.6) is 0 Å². The summed E-state index contributed by atoms with van der Waals surface area (Å²) in [5.74, 6) is -1.27. The quantitative estimate of drug-likeness (QED) is 0.0873. The lowest BCUT2D eigenvalue weighted by Gasteiger charge is -2.41. The molecule has 3 saturated heterocycles. The van der Waals surface area contributed by atoms with Gasteiger partial charge in [0.2, 0.25) is 17.7 Å².